The Balaban J connectivity index is 1.86. The maximum absolute atomic E-state index is 12.0. The number of nitro benzene ring substituents is 1. The summed E-state index contributed by atoms with van der Waals surface area (Å²) in [5.41, 5.74) is 0.646. The summed E-state index contributed by atoms with van der Waals surface area (Å²) in [6.07, 6.45) is 0. The standard InChI is InChI=1S/C16H13ClN2O5/c17-14-8-12(19(22)23)6-7-13(14)16(21)18-9-15(20)24-10-11-4-2-1-3-5-11/h1-8H,9-10H2,(H,18,21). The van der Waals surface area contributed by atoms with Crippen LogP contribution in [-0.2, 0) is 16.1 Å². The molecule has 2 aromatic carbocycles. The van der Waals surface area contributed by atoms with Crippen LogP contribution in [0.25, 0.3) is 0 Å². The monoisotopic (exact) mass is 348 g/mol. The van der Waals surface area contributed by atoms with Crippen molar-refractivity contribution in [3.63, 3.8) is 0 Å². The van der Waals surface area contributed by atoms with Gasteiger partial charge < -0.3 is 10.1 Å². The van der Waals surface area contributed by atoms with Gasteiger partial charge in [0, 0.05) is 12.1 Å². The molecule has 24 heavy (non-hydrogen) atoms. The largest absolute Gasteiger partial charge is 0.460 e. The van der Waals surface area contributed by atoms with Crippen LogP contribution in [0.1, 0.15) is 15.9 Å². The van der Waals surface area contributed by atoms with Crippen molar-refractivity contribution in [1.82, 2.24) is 5.32 Å². The SMILES string of the molecule is O=C(CNC(=O)c1ccc([N+](=O)[O-])cc1Cl)OCc1ccccc1. The van der Waals surface area contributed by atoms with E-state index >= 15 is 0 Å². The minimum Gasteiger partial charge on any atom is -0.460 e. The van der Waals surface area contributed by atoms with Gasteiger partial charge in [0.2, 0.25) is 0 Å². The van der Waals surface area contributed by atoms with Crippen LogP contribution >= 0.6 is 11.6 Å². The number of nitrogens with one attached hydrogen (secondary N) is 1. The molecule has 2 rings (SSSR count). The number of ether oxygens (including phenoxy) is 1. The highest BCUT2D eigenvalue weighted by Crippen LogP contribution is 2.22. The number of hydrogen-bond donors (Lipinski definition) is 1. The average molecular weight is 349 g/mol. The van der Waals surface area contributed by atoms with E-state index < -0.39 is 16.8 Å². The molecule has 2 aromatic rings. The fourth-order valence-electron chi connectivity index (χ4n) is 1.84. The molecule has 0 radical (unpaired) electrons. The Kier molecular flexibility index (Phi) is 5.86. The van der Waals surface area contributed by atoms with Gasteiger partial charge >= 0.3 is 5.97 Å². The summed E-state index contributed by atoms with van der Waals surface area (Å²) in [5.74, 6) is -1.23. The Labute approximate surface area is 142 Å². The predicted molar refractivity (Wildman–Crippen MR) is 86.7 cm³/mol. The first-order valence-corrected chi connectivity index (χ1v) is 7.27. The zero-order valence-corrected chi connectivity index (χ0v) is 13.2. The van der Waals surface area contributed by atoms with Crippen LogP contribution in [0.3, 0.4) is 0 Å². The summed E-state index contributed by atoms with van der Waals surface area (Å²) in [6, 6.07) is 12.6. The first-order valence-electron chi connectivity index (χ1n) is 6.89. The van der Waals surface area contributed by atoms with Gasteiger partial charge in [0.15, 0.2) is 0 Å². The molecule has 0 aliphatic carbocycles. The number of nitro groups is 1. The molecule has 0 unspecified atom stereocenters. The van der Waals surface area contributed by atoms with Crippen LogP contribution in [0, 0.1) is 10.1 Å². The number of nitrogens with zero attached hydrogens (tertiary/aromatic N) is 1. The van der Waals surface area contributed by atoms with Crippen LogP contribution in [0.15, 0.2) is 48.5 Å². The molecule has 0 aromatic heterocycles. The summed E-state index contributed by atoms with van der Waals surface area (Å²) < 4.78 is 5.02. The number of amides is 1. The van der Waals surface area contributed by atoms with Gasteiger partial charge in [-0.1, -0.05) is 41.9 Å². The smallest absolute Gasteiger partial charge is 0.325 e. The molecule has 124 valence electrons. The molecule has 0 spiro atoms. The van der Waals surface area contributed by atoms with Crippen LogP contribution in [0.5, 0.6) is 0 Å². The van der Waals surface area contributed by atoms with E-state index in [1.165, 1.54) is 6.07 Å². The van der Waals surface area contributed by atoms with Crippen molar-refractivity contribution in [2.75, 3.05) is 6.54 Å². The van der Waals surface area contributed by atoms with Gasteiger partial charge in [-0.05, 0) is 11.6 Å². The lowest BCUT2D eigenvalue weighted by Crippen LogP contribution is -2.30. The minimum atomic E-state index is -0.619. The quantitative estimate of drug-likeness (QED) is 0.491. The van der Waals surface area contributed by atoms with E-state index in [9.17, 15) is 19.7 Å². The fourth-order valence-corrected chi connectivity index (χ4v) is 2.10. The first-order chi connectivity index (χ1) is 11.5. The number of hydrogen-bond acceptors (Lipinski definition) is 5. The molecule has 0 atom stereocenters. The van der Waals surface area contributed by atoms with E-state index in [0.29, 0.717) is 0 Å². The van der Waals surface area contributed by atoms with Crippen molar-refractivity contribution in [3.05, 3.63) is 74.8 Å². The Bertz CT molecular complexity index is 764. The summed E-state index contributed by atoms with van der Waals surface area (Å²) in [4.78, 5) is 33.6. The lowest BCUT2D eigenvalue weighted by molar-refractivity contribution is -0.384. The Morgan fingerprint density at radius 1 is 1.17 bits per heavy atom. The summed E-state index contributed by atoms with van der Waals surface area (Å²) >= 11 is 5.84. The highest BCUT2D eigenvalue weighted by molar-refractivity contribution is 6.34. The Hall–Kier alpha value is -2.93. The lowest BCUT2D eigenvalue weighted by Gasteiger charge is -2.07. The van der Waals surface area contributed by atoms with Crippen LogP contribution in [-0.4, -0.2) is 23.3 Å². The molecule has 0 saturated carbocycles. The maximum atomic E-state index is 12.0. The van der Waals surface area contributed by atoms with Crippen molar-refractivity contribution < 1.29 is 19.2 Å². The summed E-state index contributed by atoms with van der Waals surface area (Å²) in [5, 5.41) is 12.9. The van der Waals surface area contributed by atoms with E-state index in [4.69, 9.17) is 16.3 Å². The van der Waals surface area contributed by atoms with E-state index in [2.05, 4.69) is 5.32 Å². The number of benzene rings is 2. The van der Waals surface area contributed by atoms with Crippen molar-refractivity contribution in [3.8, 4) is 0 Å². The van der Waals surface area contributed by atoms with E-state index in [0.717, 1.165) is 17.7 Å². The van der Waals surface area contributed by atoms with E-state index in [1.807, 2.05) is 30.3 Å². The van der Waals surface area contributed by atoms with Gasteiger partial charge in [-0.2, -0.15) is 0 Å². The molecule has 0 aliphatic rings. The molecule has 0 saturated heterocycles. The first kappa shape index (κ1) is 17.4. The van der Waals surface area contributed by atoms with Crippen molar-refractivity contribution in [1.29, 1.82) is 0 Å². The maximum Gasteiger partial charge on any atom is 0.325 e. The third-order valence-electron chi connectivity index (χ3n) is 3.04. The number of halogens is 1. The van der Waals surface area contributed by atoms with Crippen LogP contribution in [0.2, 0.25) is 5.02 Å². The van der Waals surface area contributed by atoms with Crippen molar-refractivity contribution in [2.24, 2.45) is 0 Å². The van der Waals surface area contributed by atoms with Crippen molar-refractivity contribution in [2.45, 2.75) is 6.61 Å². The zero-order chi connectivity index (χ0) is 17.5. The molecule has 8 heteroatoms. The summed E-state index contributed by atoms with van der Waals surface area (Å²) in [6.45, 7) is -0.229. The molecular weight excluding hydrogens is 336 g/mol. The van der Waals surface area contributed by atoms with Gasteiger partial charge in [-0.25, -0.2) is 0 Å². The highest BCUT2D eigenvalue weighted by atomic mass is 35.5. The van der Waals surface area contributed by atoms with Gasteiger partial charge in [0.25, 0.3) is 11.6 Å². The third-order valence-corrected chi connectivity index (χ3v) is 3.36. The molecule has 0 fully saturated rings. The number of rotatable bonds is 6. The van der Waals surface area contributed by atoms with Gasteiger partial charge in [-0.3, -0.25) is 19.7 Å². The molecule has 1 amide bonds. The number of carbonyl (C=O) groups excluding carboxylic acids is 2. The normalized spacial score (nSPS) is 10.0. The topological polar surface area (TPSA) is 98.5 Å². The number of non-ortho nitro benzene ring substituents is 1. The zero-order valence-electron chi connectivity index (χ0n) is 12.4. The number of esters is 1. The molecule has 0 heterocycles. The molecule has 1 N–H and O–H groups in total. The van der Waals surface area contributed by atoms with Crippen LogP contribution < -0.4 is 5.32 Å². The second-order valence-corrected chi connectivity index (χ2v) is 5.16. The minimum absolute atomic E-state index is 0.0399. The van der Waals surface area contributed by atoms with E-state index in [-0.39, 0.29) is 29.4 Å². The van der Waals surface area contributed by atoms with E-state index in [1.54, 1.807) is 0 Å². The van der Waals surface area contributed by atoms with Crippen molar-refractivity contribution >= 4 is 29.2 Å². The lowest BCUT2D eigenvalue weighted by atomic mass is 10.2. The molecule has 0 aliphatic heterocycles. The molecule has 7 nitrogen and oxygen atoms in total. The molecule has 0 bridgehead atoms. The second kappa shape index (κ2) is 8.07. The van der Waals surface area contributed by atoms with Gasteiger partial charge in [0.1, 0.15) is 13.2 Å². The van der Waals surface area contributed by atoms with Gasteiger partial charge in [0.05, 0.1) is 15.5 Å². The van der Waals surface area contributed by atoms with Gasteiger partial charge in [-0.15, -0.1) is 0 Å². The summed E-state index contributed by atoms with van der Waals surface area (Å²) in [7, 11) is 0. The van der Waals surface area contributed by atoms with Crippen LogP contribution in [0.4, 0.5) is 5.69 Å². The Morgan fingerprint density at radius 2 is 1.88 bits per heavy atom. The highest BCUT2D eigenvalue weighted by Gasteiger charge is 2.15. The predicted octanol–water partition coefficient (Wildman–Crippen LogP) is 2.72. The fraction of sp³-hybridized carbons (Fsp3) is 0.125. The number of carbonyl (C=O) groups is 2. The average Bonchev–Trinajstić information content (AvgIpc) is 2.58. The second-order valence-electron chi connectivity index (χ2n) is 4.75. The third kappa shape index (κ3) is 4.79. The molecular formula is C16H13ClN2O5. The Morgan fingerprint density at radius 3 is 2.50 bits per heavy atom.